The maximum Gasteiger partial charge on any atom is 0.278 e. The molecule has 5 nitrogen and oxygen atoms in total. The number of aromatic nitrogens is 2. The molecule has 0 saturated heterocycles. The number of alkyl halides is 2. The summed E-state index contributed by atoms with van der Waals surface area (Å²) in [6.07, 6.45) is 4.15. The number of hydrogen-bond donors (Lipinski definition) is 2. The number of aliphatic imine (C=N–C) groups is 1. The normalized spacial score (nSPS) is 21.2. The highest BCUT2D eigenvalue weighted by atomic mass is 19.3. The molecule has 1 aliphatic carbocycles. The van der Waals surface area contributed by atoms with Gasteiger partial charge >= 0.3 is 0 Å². The number of para-hydroxylation sites is 2. The van der Waals surface area contributed by atoms with Gasteiger partial charge in [-0.2, -0.15) is 0 Å². The maximum absolute atomic E-state index is 13.2. The summed E-state index contributed by atoms with van der Waals surface area (Å²) in [5.74, 6) is 0.626. The molecule has 3 rings (SSSR count). The number of nitrogens with zero attached hydrogens (tertiary/aromatic N) is 3. The molecule has 0 unspecified atom stereocenters. The maximum atomic E-state index is 13.2. The monoisotopic (exact) mass is 359 g/mol. The van der Waals surface area contributed by atoms with Crippen LogP contribution in [0.5, 0.6) is 0 Å². The van der Waals surface area contributed by atoms with Gasteiger partial charge in [0, 0.05) is 11.8 Å². The molecule has 4 N–H and O–H groups in total. The summed E-state index contributed by atoms with van der Waals surface area (Å²) < 4.78 is 26.4. The lowest BCUT2D eigenvalue weighted by Crippen LogP contribution is -2.28. The molecule has 1 fully saturated rings. The van der Waals surface area contributed by atoms with Gasteiger partial charge in [-0.3, -0.25) is 9.98 Å². The van der Waals surface area contributed by atoms with E-state index in [0.717, 1.165) is 25.7 Å². The molecule has 0 amide bonds. The quantitative estimate of drug-likeness (QED) is 0.743. The van der Waals surface area contributed by atoms with Crippen LogP contribution in [0.3, 0.4) is 0 Å². The van der Waals surface area contributed by atoms with Gasteiger partial charge in [-0.1, -0.05) is 12.1 Å². The summed E-state index contributed by atoms with van der Waals surface area (Å²) in [4.78, 5) is 13.2. The highest BCUT2D eigenvalue weighted by molar-refractivity contribution is 6.10. The van der Waals surface area contributed by atoms with Crippen molar-refractivity contribution in [3.63, 3.8) is 0 Å². The molecule has 1 aromatic heterocycles. The van der Waals surface area contributed by atoms with Crippen molar-refractivity contribution < 1.29 is 8.78 Å². The van der Waals surface area contributed by atoms with E-state index in [9.17, 15) is 8.78 Å². The minimum atomic E-state index is -2.77. The minimum Gasteiger partial charge on any atom is -0.397 e. The van der Waals surface area contributed by atoms with Gasteiger partial charge in [-0.15, -0.1) is 0 Å². The Labute approximate surface area is 151 Å². The van der Waals surface area contributed by atoms with E-state index in [4.69, 9.17) is 11.5 Å². The van der Waals surface area contributed by atoms with E-state index in [1.807, 2.05) is 18.2 Å². The molecule has 0 bridgehead atoms. The third-order valence-corrected chi connectivity index (χ3v) is 4.71. The lowest BCUT2D eigenvalue weighted by Gasteiger charge is -2.32. The van der Waals surface area contributed by atoms with Crippen molar-refractivity contribution in [2.45, 2.75) is 38.2 Å². The molecular formula is C19H23F2N5. The largest absolute Gasteiger partial charge is 0.397 e. The number of allylic oxidation sites excluding steroid dienone is 2. The zero-order valence-corrected chi connectivity index (χ0v) is 14.5. The fourth-order valence-corrected chi connectivity index (χ4v) is 3.14. The molecular weight excluding hydrogens is 336 g/mol. The number of nitrogens with two attached hydrogens (primary N) is 2. The van der Waals surface area contributed by atoms with Crippen LogP contribution in [0.15, 0.2) is 41.2 Å². The molecule has 0 aliphatic heterocycles. The van der Waals surface area contributed by atoms with Gasteiger partial charge in [0.2, 0.25) is 0 Å². The molecule has 138 valence electrons. The molecule has 26 heavy (non-hydrogen) atoms. The van der Waals surface area contributed by atoms with Crippen molar-refractivity contribution in [2.75, 3.05) is 6.54 Å². The Morgan fingerprint density at radius 2 is 2.00 bits per heavy atom. The highest BCUT2D eigenvalue weighted by Crippen LogP contribution is 2.33. The number of benzene rings is 1. The average Bonchev–Trinajstić information content (AvgIpc) is 2.62. The average molecular weight is 359 g/mol. The Morgan fingerprint density at radius 1 is 1.27 bits per heavy atom. The van der Waals surface area contributed by atoms with E-state index in [1.165, 1.54) is 12.4 Å². The first kappa shape index (κ1) is 18.4. The van der Waals surface area contributed by atoms with Crippen LogP contribution in [0, 0.1) is 5.92 Å². The Balaban J connectivity index is 1.80. The van der Waals surface area contributed by atoms with Crippen molar-refractivity contribution in [1.29, 1.82) is 0 Å². The van der Waals surface area contributed by atoms with Crippen molar-refractivity contribution >= 4 is 22.8 Å². The van der Waals surface area contributed by atoms with Crippen LogP contribution >= 0.6 is 0 Å². The molecule has 1 aliphatic rings. The Bertz CT molecular complexity index is 812. The van der Waals surface area contributed by atoms with E-state index in [-0.39, 0.29) is 11.6 Å². The third kappa shape index (κ3) is 4.22. The first-order valence-corrected chi connectivity index (χ1v) is 8.81. The van der Waals surface area contributed by atoms with Crippen LogP contribution in [-0.4, -0.2) is 35.2 Å². The van der Waals surface area contributed by atoms with Crippen LogP contribution in [0.25, 0.3) is 16.6 Å². The predicted octanol–water partition coefficient (Wildman–Crippen LogP) is 3.15. The third-order valence-electron chi connectivity index (χ3n) is 4.71. The van der Waals surface area contributed by atoms with Gasteiger partial charge in [0.05, 0.1) is 34.7 Å². The summed E-state index contributed by atoms with van der Waals surface area (Å²) in [5.41, 5.74) is 12.4. The van der Waals surface area contributed by atoms with Crippen LogP contribution in [0.4, 0.5) is 8.78 Å². The zero-order valence-electron chi connectivity index (χ0n) is 14.5. The summed E-state index contributed by atoms with van der Waals surface area (Å²) in [6, 6.07) is 7.42. The standard InChI is InChI=1S/C19H23F2N5/c20-19(21)18(23)14(10-24-13-8-12(9-13)4-3-7-22)17-11-25-15-5-1-2-6-16(15)26-17/h1-2,5-6,10-13,19H,3-4,7-9,22-23H2. The van der Waals surface area contributed by atoms with Gasteiger partial charge in [0.25, 0.3) is 6.43 Å². The van der Waals surface area contributed by atoms with E-state index >= 15 is 0 Å². The van der Waals surface area contributed by atoms with Crippen molar-refractivity contribution in [2.24, 2.45) is 22.4 Å². The number of hydrogen-bond acceptors (Lipinski definition) is 5. The van der Waals surface area contributed by atoms with E-state index in [2.05, 4.69) is 15.0 Å². The minimum absolute atomic E-state index is 0.142. The fourth-order valence-electron chi connectivity index (χ4n) is 3.14. The first-order valence-electron chi connectivity index (χ1n) is 8.81. The molecule has 0 spiro atoms. The Kier molecular flexibility index (Phi) is 5.88. The van der Waals surface area contributed by atoms with Gasteiger partial charge in [0.1, 0.15) is 0 Å². The predicted molar refractivity (Wildman–Crippen MR) is 99.9 cm³/mol. The summed E-state index contributed by atoms with van der Waals surface area (Å²) in [5, 5.41) is 0. The van der Waals surface area contributed by atoms with Crippen molar-refractivity contribution in [3.8, 4) is 0 Å². The van der Waals surface area contributed by atoms with E-state index in [1.54, 1.807) is 6.07 Å². The Morgan fingerprint density at radius 3 is 2.69 bits per heavy atom. The van der Waals surface area contributed by atoms with Gasteiger partial charge in [0.15, 0.2) is 0 Å². The second-order valence-corrected chi connectivity index (χ2v) is 6.61. The van der Waals surface area contributed by atoms with Crippen LogP contribution in [0.2, 0.25) is 0 Å². The van der Waals surface area contributed by atoms with Gasteiger partial charge < -0.3 is 11.5 Å². The number of halogens is 2. The van der Waals surface area contributed by atoms with E-state index in [0.29, 0.717) is 29.2 Å². The molecule has 0 atom stereocenters. The summed E-state index contributed by atoms with van der Waals surface area (Å²) >= 11 is 0. The number of rotatable bonds is 7. The van der Waals surface area contributed by atoms with Crippen LogP contribution in [0.1, 0.15) is 31.4 Å². The molecule has 0 radical (unpaired) electrons. The highest BCUT2D eigenvalue weighted by Gasteiger charge is 2.28. The molecule has 7 heteroatoms. The molecule has 1 aromatic carbocycles. The van der Waals surface area contributed by atoms with Crippen LogP contribution in [-0.2, 0) is 0 Å². The lowest BCUT2D eigenvalue weighted by atomic mass is 9.78. The fraction of sp³-hybridized carbons (Fsp3) is 0.421. The van der Waals surface area contributed by atoms with Crippen molar-refractivity contribution in [1.82, 2.24) is 9.97 Å². The summed E-state index contributed by atoms with van der Waals surface area (Å²) in [7, 11) is 0. The zero-order chi connectivity index (χ0) is 18.5. The molecule has 1 saturated carbocycles. The lowest BCUT2D eigenvalue weighted by molar-refractivity contribution is 0.189. The topological polar surface area (TPSA) is 90.2 Å². The van der Waals surface area contributed by atoms with E-state index < -0.39 is 12.1 Å². The molecule has 2 aromatic rings. The van der Waals surface area contributed by atoms with Crippen LogP contribution < -0.4 is 11.5 Å². The van der Waals surface area contributed by atoms with Crippen molar-refractivity contribution in [3.05, 3.63) is 41.9 Å². The smallest absolute Gasteiger partial charge is 0.278 e. The second-order valence-electron chi connectivity index (χ2n) is 6.61. The second kappa shape index (κ2) is 8.31. The number of fused-ring (bicyclic) bond motifs is 1. The first-order chi connectivity index (χ1) is 12.6. The summed E-state index contributed by atoms with van der Waals surface area (Å²) in [6.45, 7) is 0.697. The molecule has 1 heterocycles. The van der Waals surface area contributed by atoms with Gasteiger partial charge in [-0.05, 0) is 50.3 Å². The Hall–Kier alpha value is -2.41. The van der Waals surface area contributed by atoms with Gasteiger partial charge in [-0.25, -0.2) is 13.8 Å². The SMILES string of the molecule is NCCCC1CC(N=CC(=C(N)C(F)F)c2cnc3ccccc3n2)C1.